The van der Waals surface area contributed by atoms with Crippen LogP contribution in [0.2, 0.25) is 0 Å². The Hall–Kier alpha value is -3.92. The number of sulfonamides is 1. The number of para-hydroxylation sites is 1. The number of carbonyl (C=O) groups excluding carboxylic acids is 1. The number of anilines is 2. The van der Waals surface area contributed by atoms with Gasteiger partial charge >= 0.3 is 0 Å². The number of hydrogen-bond acceptors (Lipinski definition) is 6. The van der Waals surface area contributed by atoms with Gasteiger partial charge in [0.1, 0.15) is 5.75 Å². The number of nitro benzene ring substituents is 1. The lowest BCUT2D eigenvalue weighted by molar-refractivity contribution is -0.384. The molecule has 0 spiro atoms. The normalized spacial score (nSPS) is 11.1. The highest BCUT2D eigenvalue weighted by molar-refractivity contribution is 7.92. The summed E-state index contributed by atoms with van der Waals surface area (Å²) in [5, 5.41) is 13.7. The van der Waals surface area contributed by atoms with Gasteiger partial charge in [-0.3, -0.25) is 19.2 Å². The fourth-order valence-corrected chi connectivity index (χ4v) is 4.59. The quantitative estimate of drug-likeness (QED) is 0.374. The Kier molecular flexibility index (Phi) is 7.21. The summed E-state index contributed by atoms with van der Waals surface area (Å²) in [6, 6.07) is 16.0. The van der Waals surface area contributed by atoms with Crippen LogP contribution in [0.15, 0.2) is 60.7 Å². The maximum Gasteiger partial charge on any atom is 0.271 e. The molecule has 0 unspecified atom stereocenters. The van der Waals surface area contributed by atoms with Gasteiger partial charge < -0.3 is 10.1 Å². The molecule has 0 saturated carbocycles. The van der Waals surface area contributed by atoms with Gasteiger partial charge in [0, 0.05) is 17.7 Å². The molecule has 0 aliphatic carbocycles. The molecule has 1 N–H and O–H groups in total. The van der Waals surface area contributed by atoms with E-state index in [1.165, 1.54) is 29.6 Å². The molecule has 1 amide bonds. The van der Waals surface area contributed by atoms with Crippen LogP contribution >= 0.6 is 0 Å². The van der Waals surface area contributed by atoms with Crippen LogP contribution in [0.1, 0.15) is 27.0 Å². The summed E-state index contributed by atoms with van der Waals surface area (Å²) < 4.78 is 31.6. The number of ether oxygens (including phenoxy) is 1. The molecule has 0 radical (unpaired) electrons. The third kappa shape index (κ3) is 5.52. The number of methoxy groups -OCH3 is 1. The molecule has 3 rings (SSSR count). The average Bonchev–Trinajstić information content (AvgIpc) is 2.78. The zero-order chi connectivity index (χ0) is 25.0. The summed E-state index contributed by atoms with van der Waals surface area (Å²) in [4.78, 5) is 23.2. The van der Waals surface area contributed by atoms with Gasteiger partial charge in [0.2, 0.25) is 10.0 Å². The molecule has 0 saturated heterocycles. The van der Waals surface area contributed by atoms with Crippen LogP contribution in [0, 0.1) is 24.0 Å². The Morgan fingerprint density at radius 2 is 1.68 bits per heavy atom. The summed E-state index contributed by atoms with van der Waals surface area (Å²) in [5.74, 6) is -0.201. The predicted molar refractivity (Wildman–Crippen MR) is 131 cm³/mol. The smallest absolute Gasteiger partial charge is 0.271 e. The van der Waals surface area contributed by atoms with Gasteiger partial charge in [0.15, 0.2) is 0 Å². The number of non-ortho nitro benzene ring substituents is 1. The lowest BCUT2D eigenvalue weighted by Crippen LogP contribution is -2.30. The van der Waals surface area contributed by atoms with E-state index >= 15 is 0 Å². The van der Waals surface area contributed by atoms with Crippen LogP contribution in [0.3, 0.4) is 0 Å². The fraction of sp³-hybridized carbons (Fsp3) is 0.208. The van der Waals surface area contributed by atoms with Gasteiger partial charge in [-0.25, -0.2) is 8.42 Å². The highest BCUT2D eigenvalue weighted by Crippen LogP contribution is 2.30. The number of nitrogens with one attached hydrogen (secondary N) is 1. The number of aryl methyl sites for hydroxylation is 2. The number of rotatable bonds is 8. The van der Waals surface area contributed by atoms with Crippen molar-refractivity contribution in [2.24, 2.45) is 0 Å². The molecule has 0 aliphatic rings. The number of nitro groups is 1. The summed E-state index contributed by atoms with van der Waals surface area (Å²) in [6.45, 7) is 3.82. The first kappa shape index (κ1) is 24.7. The molecule has 9 nitrogen and oxygen atoms in total. The van der Waals surface area contributed by atoms with E-state index in [0.717, 1.165) is 17.4 Å². The summed E-state index contributed by atoms with van der Waals surface area (Å²) in [7, 11) is -2.16. The van der Waals surface area contributed by atoms with Crippen molar-refractivity contribution >= 4 is 33.0 Å². The second kappa shape index (κ2) is 9.92. The zero-order valence-electron chi connectivity index (χ0n) is 19.2. The number of carbonyl (C=O) groups is 1. The number of nitrogens with zero attached hydrogens (tertiary/aromatic N) is 2. The van der Waals surface area contributed by atoms with Gasteiger partial charge in [-0.05, 0) is 48.7 Å². The van der Waals surface area contributed by atoms with Gasteiger partial charge in [0.05, 0.1) is 36.2 Å². The standard InChI is InChI=1S/C24H25N3O6S/c1-16-6-5-7-17(2)23(16)26(34(4,31)32)15-18-8-10-19(11-9-18)24(28)25-21-14-20(27(29)30)12-13-22(21)33-3/h5-14H,15H2,1-4H3,(H,25,28). The first-order valence-corrected chi connectivity index (χ1v) is 12.1. The van der Waals surface area contributed by atoms with E-state index in [4.69, 9.17) is 4.74 Å². The topological polar surface area (TPSA) is 119 Å². The lowest BCUT2D eigenvalue weighted by Gasteiger charge is -2.26. The van der Waals surface area contributed by atoms with E-state index in [-0.39, 0.29) is 23.7 Å². The van der Waals surface area contributed by atoms with E-state index in [2.05, 4.69) is 5.32 Å². The minimum atomic E-state index is -3.56. The van der Waals surface area contributed by atoms with Crippen molar-refractivity contribution in [3.63, 3.8) is 0 Å². The summed E-state index contributed by atoms with van der Waals surface area (Å²) >= 11 is 0. The summed E-state index contributed by atoms with van der Waals surface area (Å²) in [6.07, 6.45) is 1.16. The highest BCUT2D eigenvalue weighted by atomic mass is 32.2. The minimum absolute atomic E-state index is 0.102. The van der Waals surface area contributed by atoms with Crippen molar-refractivity contribution in [3.8, 4) is 5.75 Å². The van der Waals surface area contributed by atoms with Crippen molar-refractivity contribution < 1.29 is 22.9 Å². The van der Waals surface area contributed by atoms with E-state index < -0.39 is 20.9 Å². The second-order valence-corrected chi connectivity index (χ2v) is 9.71. The van der Waals surface area contributed by atoms with Crippen LogP contribution < -0.4 is 14.4 Å². The molecule has 0 bridgehead atoms. The largest absolute Gasteiger partial charge is 0.495 e. The predicted octanol–water partition coefficient (Wildman–Crippen LogP) is 4.44. The molecule has 10 heteroatoms. The van der Waals surface area contributed by atoms with Crippen molar-refractivity contribution in [3.05, 3.63) is 93.0 Å². The molecule has 3 aromatic rings. The van der Waals surface area contributed by atoms with Crippen LogP contribution in [0.5, 0.6) is 5.75 Å². The maximum atomic E-state index is 12.7. The van der Waals surface area contributed by atoms with Crippen LogP contribution in [-0.2, 0) is 16.6 Å². The van der Waals surface area contributed by atoms with E-state index in [1.54, 1.807) is 24.3 Å². The maximum absolute atomic E-state index is 12.7. The number of amides is 1. The third-order valence-corrected chi connectivity index (χ3v) is 6.39. The molecular weight excluding hydrogens is 458 g/mol. The Labute approximate surface area is 198 Å². The molecular formula is C24H25N3O6S. The molecule has 0 aliphatic heterocycles. The monoisotopic (exact) mass is 483 g/mol. The van der Waals surface area contributed by atoms with Gasteiger partial charge in [0.25, 0.3) is 11.6 Å². The fourth-order valence-electron chi connectivity index (χ4n) is 3.59. The summed E-state index contributed by atoms with van der Waals surface area (Å²) in [5.41, 5.74) is 3.29. The van der Waals surface area contributed by atoms with E-state index in [1.807, 2.05) is 32.0 Å². The Morgan fingerprint density at radius 3 is 2.21 bits per heavy atom. The molecule has 0 heterocycles. The van der Waals surface area contributed by atoms with Crippen LogP contribution in [-0.4, -0.2) is 32.6 Å². The first-order valence-electron chi connectivity index (χ1n) is 10.3. The molecule has 3 aromatic carbocycles. The molecule has 0 aromatic heterocycles. The van der Waals surface area contributed by atoms with Crippen molar-refractivity contribution in [1.82, 2.24) is 0 Å². The minimum Gasteiger partial charge on any atom is -0.495 e. The molecule has 178 valence electrons. The number of hydrogen-bond donors (Lipinski definition) is 1. The first-order chi connectivity index (χ1) is 16.0. The SMILES string of the molecule is COc1ccc([N+](=O)[O-])cc1NC(=O)c1ccc(CN(c2c(C)cccc2C)S(C)(=O)=O)cc1. The molecule has 34 heavy (non-hydrogen) atoms. The van der Waals surface area contributed by atoms with Crippen LogP contribution in [0.4, 0.5) is 17.1 Å². The zero-order valence-corrected chi connectivity index (χ0v) is 20.0. The third-order valence-electron chi connectivity index (χ3n) is 5.27. The average molecular weight is 484 g/mol. The van der Waals surface area contributed by atoms with Gasteiger partial charge in [-0.15, -0.1) is 0 Å². The second-order valence-electron chi connectivity index (χ2n) is 7.80. The Balaban J connectivity index is 1.84. The van der Waals surface area contributed by atoms with Gasteiger partial charge in [-0.2, -0.15) is 0 Å². The lowest BCUT2D eigenvalue weighted by atomic mass is 10.1. The van der Waals surface area contributed by atoms with Crippen molar-refractivity contribution in [1.29, 1.82) is 0 Å². The van der Waals surface area contributed by atoms with Crippen molar-refractivity contribution in [2.45, 2.75) is 20.4 Å². The number of benzene rings is 3. The van der Waals surface area contributed by atoms with Crippen molar-refractivity contribution in [2.75, 3.05) is 23.0 Å². The Morgan fingerprint density at radius 1 is 1.06 bits per heavy atom. The molecule has 0 fully saturated rings. The van der Waals surface area contributed by atoms with E-state index in [0.29, 0.717) is 16.8 Å². The highest BCUT2D eigenvalue weighted by Gasteiger charge is 2.22. The molecule has 0 atom stereocenters. The van der Waals surface area contributed by atoms with E-state index in [9.17, 15) is 23.3 Å². The van der Waals surface area contributed by atoms with Crippen LogP contribution in [0.25, 0.3) is 0 Å². The van der Waals surface area contributed by atoms with Gasteiger partial charge in [-0.1, -0.05) is 30.3 Å². The Bertz CT molecular complexity index is 1320.